The molecular weight excluding hydrogens is 344 g/mol. The summed E-state index contributed by atoms with van der Waals surface area (Å²) in [6.45, 7) is 9.18. The van der Waals surface area contributed by atoms with E-state index in [4.69, 9.17) is 9.47 Å². The van der Waals surface area contributed by atoms with Crippen LogP contribution in [0.1, 0.15) is 43.1 Å². The monoisotopic (exact) mass is 378 g/mol. The SMILES string of the molecule is CCc1ccc(C(=O)N(C[C@@H]2CNC[C@H]2O)C(C)C)cc1OCCCOC. The van der Waals surface area contributed by atoms with Crippen LogP contribution in [0.4, 0.5) is 0 Å². The van der Waals surface area contributed by atoms with Gasteiger partial charge in [-0.25, -0.2) is 0 Å². The number of nitrogens with zero attached hydrogens (tertiary/aromatic N) is 1. The number of benzene rings is 1. The number of carbonyl (C=O) groups is 1. The smallest absolute Gasteiger partial charge is 0.254 e. The number of amides is 1. The summed E-state index contributed by atoms with van der Waals surface area (Å²) >= 11 is 0. The molecule has 2 rings (SSSR count). The molecule has 1 aliphatic heterocycles. The van der Waals surface area contributed by atoms with Crippen molar-refractivity contribution in [1.82, 2.24) is 10.2 Å². The molecule has 6 heteroatoms. The molecular formula is C21H34N2O4. The summed E-state index contributed by atoms with van der Waals surface area (Å²) < 4.78 is 11.0. The summed E-state index contributed by atoms with van der Waals surface area (Å²) in [6.07, 6.45) is 1.26. The van der Waals surface area contributed by atoms with Crippen molar-refractivity contribution >= 4 is 5.91 Å². The van der Waals surface area contributed by atoms with Gasteiger partial charge in [0.05, 0.1) is 12.7 Å². The molecule has 0 bridgehead atoms. The first-order valence-electron chi connectivity index (χ1n) is 9.92. The third-order valence-electron chi connectivity index (χ3n) is 5.06. The summed E-state index contributed by atoms with van der Waals surface area (Å²) in [6, 6.07) is 5.76. The van der Waals surface area contributed by atoms with Gasteiger partial charge in [-0.05, 0) is 38.0 Å². The van der Waals surface area contributed by atoms with Crippen LogP contribution in [0.2, 0.25) is 0 Å². The number of ether oxygens (including phenoxy) is 2. The van der Waals surface area contributed by atoms with E-state index in [9.17, 15) is 9.90 Å². The highest BCUT2D eigenvalue weighted by Gasteiger charge is 2.30. The summed E-state index contributed by atoms with van der Waals surface area (Å²) in [5.74, 6) is 0.815. The molecule has 1 saturated heterocycles. The van der Waals surface area contributed by atoms with Crippen molar-refractivity contribution in [1.29, 1.82) is 0 Å². The van der Waals surface area contributed by atoms with Crippen LogP contribution >= 0.6 is 0 Å². The third kappa shape index (κ3) is 5.92. The van der Waals surface area contributed by atoms with Gasteiger partial charge >= 0.3 is 0 Å². The number of aryl methyl sites for hydroxylation is 1. The van der Waals surface area contributed by atoms with Crippen molar-refractivity contribution in [2.45, 2.75) is 45.8 Å². The molecule has 0 radical (unpaired) electrons. The van der Waals surface area contributed by atoms with Crippen molar-refractivity contribution < 1.29 is 19.4 Å². The van der Waals surface area contributed by atoms with Crippen molar-refractivity contribution in [2.75, 3.05) is 40.0 Å². The lowest BCUT2D eigenvalue weighted by Crippen LogP contribution is -2.43. The van der Waals surface area contributed by atoms with Crippen LogP contribution in [0.25, 0.3) is 0 Å². The molecule has 1 fully saturated rings. The number of nitrogens with one attached hydrogen (secondary N) is 1. The zero-order valence-corrected chi connectivity index (χ0v) is 17.0. The topological polar surface area (TPSA) is 71.0 Å². The first kappa shape index (κ1) is 21.7. The molecule has 152 valence electrons. The molecule has 0 aliphatic carbocycles. The predicted molar refractivity (Wildman–Crippen MR) is 106 cm³/mol. The largest absolute Gasteiger partial charge is 0.493 e. The second kappa shape index (κ2) is 10.6. The Bertz CT molecular complexity index is 606. The van der Waals surface area contributed by atoms with E-state index >= 15 is 0 Å². The molecule has 1 aromatic carbocycles. The normalized spacial score (nSPS) is 19.5. The van der Waals surface area contributed by atoms with E-state index in [1.54, 1.807) is 7.11 Å². The van der Waals surface area contributed by atoms with Crippen molar-refractivity contribution in [2.24, 2.45) is 5.92 Å². The predicted octanol–water partition coefficient (Wildman–Crippen LogP) is 2.10. The fraction of sp³-hybridized carbons (Fsp3) is 0.667. The van der Waals surface area contributed by atoms with E-state index in [1.165, 1.54) is 0 Å². The Morgan fingerprint density at radius 1 is 1.33 bits per heavy atom. The van der Waals surface area contributed by atoms with Crippen LogP contribution in [-0.4, -0.2) is 68.0 Å². The summed E-state index contributed by atoms with van der Waals surface area (Å²) in [5.41, 5.74) is 1.72. The van der Waals surface area contributed by atoms with Crippen LogP contribution in [0, 0.1) is 5.92 Å². The zero-order chi connectivity index (χ0) is 19.8. The Morgan fingerprint density at radius 3 is 2.70 bits per heavy atom. The van der Waals surface area contributed by atoms with Crippen molar-refractivity contribution in [3.63, 3.8) is 0 Å². The van der Waals surface area contributed by atoms with Gasteiger partial charge in [-0.2, -0.15) is 0 Å². The summed E-state index contributed by atoms with van der Waals surface area (Å²) in [4.78, 5) is 15.0. The molecule has 1 aromatic rings. The second-order valence-electron chi connectivity index (χ2n) is 7.41. The molecule has 2 atom stereocenters. The molecule has 1 heterocycles. The Kier molecular flexibility index (Phi) is 8.54. The van der Waals surface area contributed by atoms with E-state index in [0.717, 1.165) is 30.7 Å². The average molecular weight is 379 g/mol. The number of aliphatic hydroxyl groups is 1. The molecule has 1 amide bonds. The number of methoxy groups -OCH3 is 1. The standard InChI is InChI=1S/C21H34N2O4/c1-5-16-7-8-17(11-20(16)27-10-6-9-26-4)21(25)23(15(2)3)14-18-12-22-13-19(18)24/h7-8,11,15,18-19,22,24H,5-6,9-10,12-14H2,1-4H3/t18-,19+/m0/s1. The van der Waals surface area contributed by atoms with E-state index in [-0.39, 0.29) is 17.9 Å². The number of hydrogen-bond donors (Lipinski definition) is 2. The highest BCUT2D eigenvalue weighted by molar-refractivity contribution is 5.95. The number of rotatable bonds is 10. The first-order valence-corrected chi connectivity index (χ1v) is 9.92. The lowest BCUT2D eigenvalue weighted by Gasteiger charge is -2.30. The van der Waals surface area contributed by atoms with Gasteiger partial charge in [0.2, 0.25) is 0 Å². The van der Waals surface area contributed by atoms with Crippen molar-refractivity contribution in [3.05, 3.63) is 29.3 Å². The highest BCUT2D eigenvalue weighted by atomic mass is 16.5. The Labute approximate surface area is 162 Å². The van der Waals surface area contributed by atoms with E-state index in [2.05, 4.69) is 12.2 Å². The molecule has 0 spiro atoms. The maximum absolute atomic E-state index is 13.2. The maximum Gasteiger partial charge on any atom is 0.254 e. The van der Waals surface area contributed by atoms with E-state index in [0.29, 0.717) is 31.9 Å². The quantitative estimate of drug-likeness (QED) is 0.610. The lowest BCUT2D eigenvalue weighted by molar-refractivity contribution is 0.0598. The average Bonchev–Trinajstić information content (AvgIpc) is 3.07. The van der Waals surface area contributed by atoms with Gasteiger partial charge in [0.15, 0.2) is 0 Å². The number of aliphatic hydroxyl groups excluding tert-OH is 1. The van der Waals surface area contributed by atoms with E-state index < -0.39 is 6.10 Å². The van der Waals surface area contributed by atoms with Gasteiger partial charge in [-0.3, -0.25) is 4.79 Å². The lowest BCUT2D eigenvalue weighted by atomic mass is 10.0. The van der Waals surface area contributed by atoms with E-state index in [1.807, 2.05) is 36.9 Å². The Morgan fingerprint density at radius 2 is 2.11 bits per heavy atom. The molecule has 0 saturated carbocycles. The summed E-state index contributed by atoms with van der Waals surface area (Å²) in [5, 5.41) is 13.3. The fourth-order valence-corrected chi connectivity index (χ4v) is 3.35. The van der Waals surface area contributed by atoms with Crippen LogP contribution in [0.3, 0.4) is 0 Å². The fourth-order valence-electron chi connectivity index (χ4n) is 3.35. The Balaban J connectivity index is 2.14. The zero-order valence-electron chi connectivity index (χ0n) is 17.0. The minimum atomic E-state index is -0.402. The van der Waals surface area contributed by atoms with Gasteiger partial charge in [0, 0.05) is 57.3 Å². The summed E-state index contributed by atoms with van der Waals surface area (Å²) in [7, 11) is 1.67. The third-order valence-corrected chi connectivity index (χ3v) is 5.06. The number of carbonyl (C=O) groups excluding carboxylic acids is 1. The second-order valence-corrected chi connectivity index (χ2v) is 7.41. The molecule has 6 nitrogen and oxygen atoms in total. The van der Waals surface area contributed by atoms with Crippen LogP contribution in [0.5, 0.6) is 5.75 Å². The first-order chi connectivity index (χ1) is 13.0. The van der Waals surface area contributed by atoms with Crippen LogP contribution in [0.15, 0.2) is 18.2 Å². The van der Waals surface area contributed by atoms with Gasteiger partial charge < -0.3 is 24.8 Å². The minimum absolute atomic E-state index is 0.0199. The van der Waals surface area contributed by atoms with Crippen LogP contribution < -0.4 is 10.1 Å². The highest BCUT2D eigenvalue weighted by Crippen LogP contribution is 2.24. The molecule has 1 aliphatic rings. The minimum Gasteiger partial charge on any atom is -0.493 e. The molecule has 0 unspecified atom stereocenters. The molecule has 0 aromatic heterocycles. The molecule has 27 heavy (non-hydrogen) atoms. The van der Waals surface area contributed by atoms with Gasteiger partial charge in [0.25, 0.3) is 5.91 Å². The maximum atomic E-state index is 13.2. The Hall–Kier alpha value is -1.63. The van der Waals surface area contributed by atoms with Gasteiger partial charge in [-0.15, -0.1) is 0 Å². The molecule has 2 N–H and O–H groups in total. The number of hydrogen-bond acceptors (Lipinski definition) is 5. The van der Waals surface area contributed by atoms with Crippen molar-refractivity contribution in [3.8, 4) is 5.75 Å². The van der Waals surface area contributed by atoms with Gasteiger partial charge in [0.1, 0.15) is 5.75 Å². The number of β-amino-alcohol motifs (C(OH)–C–C–N with tert-alkyl or cyclic N) is 1. The van der Waals surface area contributed by atoms with Gasteiger partial charge in [-0.1, -0.05) is 13.0 Å². The van der Waals surface area contributed by atoms with Crippen LogP contribution in [-0.2, 0) is 11.2 Å².